The lowest BCUT2D eigenvalue weighted by Gasteiger charge is -2.03. The molecule has 0 aliphatic heterocycles. The van der Waals surface area contributed by atoms with Gasteiger partial charge in [0.2, 0.25) is 0 Å². The largest absolute Gasteiger partial charge is 0.335 e. The highest BCUT2D eigenvalue weighted by Gasteiger charge is 2.14. The summed E-state index contributed by atoms with van der Waals surface area (Å²) in [5.74, 6) is 0.763. The van der Waals surface area contributed by atoms with Crippen molar-refractivity contribution in [1.29, 1.82) is 0 Å². The summed E-state index contributed by atoms with van der Waals surface area (Å²) in [6.45, 7) is 0. The SMILES string of the molecule is c1ccc2cc(-c3cn[nH]c3-c3nc4ccncc4[nH]3)ccc2c1. The first-order valence-corrected chi connectivity index (χ1v) is 7.71. The first-order valence-electron chi connectivity index (χ1n) is 7.71. The zero-order chi connectivity index (χ0) is 15.9. The number of fused-ring (bicyclic) bond motifs is 2. The van der Waals surface area contributed by atoms with Crippen LogP contribution in [0.3, 0.4) is 0 Å². The molecule has 114 valence electrons. The minimum Gasteiger partial charge on any atom is -0.335 e. The molecule has 0 spiro atoms. The Hall–Kier alpha value is -3.47. The van der Waals surface area contributed by atoms with Gasteiger partial charge < -0.3 is 4.98 Å². The Labute approximate surface area is 137 Å². The van der Waals surface area contributed by atoms with E-state index in [1.54, 1.807) is 12.4 Å². The smallest absolute Gasteiger partial charge is 0.157 e. The molecule has 0 saturated carbocycles. The molecule has 0 atom stereocenters. The van der Waals surface area contributed by atoms with Crippen LogP contribution in [-0.2, 0) is 0 Å². The lowest BCUT2D eigenvalue weighted by molar-refractivity contribution is 1.08. The summed E-state index contributed by atoms with van der Waals surface area (Å²) in [5.41, 5.74) is 4.80. The van der Waals surface area contributed by atoms with Gasteiger partial charge in [0.05, 0.1) is 23.4 Å². The number of imidazole rings is 1. The summed E-state index contributed by atoms with van der Waals surface area (Å²) in [6, 6.07) is 16.6. The van der Waals surface area contributed by atoms with Crippen LogP contribution in [0.2, 0.25) is 0 Å². The van der Waals surface area contributed by atoms with Crippen LogP contribution in [0.1, 0.15) is 0 Å². The number of aromatic amines is 2. The van der Waals surface area contributed by atoms with E-state index in [4.69, 9.17) is 0 Å². The molecule has 0 saturated heterocycles. The standard InChI is InChI=1S/C19H13N5/c1-2-4-13-9-14(6-5-12(13)3-1)15-10-21-24-18(15)19-22-16-7-8-20-11-17(16)23-19/h1-11H,(H,21,24)(H,22,23). The van der Waals surface area contributed by atoms with E-state index < -0.39 is 0 Å². The zero-order valence-electron chi connectivity index (χ0n) is 12.7. The Morgan fingerprint density at radius 3 is 2.71 bits per heavy atom. The second-order valence-corrected chi connectivity index (χ2v) is 5.70. The van der Waals surface area contributed by atoms with Crippen molar-refractivity contribution in [3.8, 4) is 22.6 Å². The summed E-state index contributed by atoms with van der Waals surface area (Å²) < 4.78 is 0. The number of benzene rings is 2. The number of pyridine rings is 1. The average molecular weight is 311 g/mol. The molecule has 0 aliphatic carbocycles. The van der Waals surface area contributed by atoms with E-state index in [-0.39, 0.29) is 0 Å². The predicted octanol–water partition coefficient (Wildman–Crippen LogP) is 4.17. The maximum atomic E-state index is 4.64. The molecule has 0 unspecified atom stereocenters. The fourth-order valence-electron chi connectivity index (χ4n) is 3.02. The number of aromatic nitrogens is 5. The van der Waals surface area contributed by atoms with E-state index in [1.807, 2.05) is 18.3 Å². The van der Waals surface area contributed by atoms with Gasteiger partial charge in [0.15, 0.2) is 5.82 Å². The molecule has 5 nitrogen and oxygen atoms in total. The van der Waals surface area contributed by atoms with E-state index in [9.17, 15) is 0 Å². The Morgan fingerprint density at radius 1 is 0.875 bits per heavy atom. The molecular formula is C19H13N5. The molecule has 3 heterocycles. The second-order valence-electron chi connectivity index (χ2n) is 5.70. The highest BCUT2D eigenvalue weighted by atomic mass is 15.1. The molecule has 2 N–H and O–H groups in total. The number of H-pyrrole nitrogens is 2. The average Bonchev–Trinajstić information content (AvgIpc) is 3.27. The molecular weight excluding hydrogens is 298 g/mol. The molecule has 0 fully saturated rings. The number of hydrogen-bond acceptors (Lipinski definition) is 3. The van der Waals surface area contributed by atoms with Crippen LogP contribution in [0.4, 0.5) is 0 Å². The van der Waals surface area contributed by atoms with Gasteiger partial charge in [-0.15, -0.1) is 0 Å². The minimum atomic E-state index is 0.763. The maximum absolute atomic E-state index is 4.64. The van der Waals surface area contributed by atoms with Gasteiger partial charge in [-0.2, -0.15) is 5.10 Å². The quantitative estimate of drug-likeness (QED) is 0.514. The minimum absolute atomic E-state index is 0.763. The lowest BCUT2D eigenvalue weighted by atomic mass is 10.0. The highest BCUT2D eigenvalue weighted by Crippen LogP contribution is 2.31. The third-order valence-corrected chi connectivity index (χ3v) is 4.22. The maximum Gasteiger partial charge on any atom is 0.157 e. The van der Waals surface area contributed by atoms with E-state index in [0.29, 0.717) is 0 Å². The van der Waals surface area contributed by atoms with Gasteiger partial charge in [-0.05, 0) is 28.5 Å². The van der Waals surface area contributed by atoms with Crippen molar-refractivity contribution < 1.29 is 0 Å². The van der Waals surface area contributed by atoms with Gasteiger partial charge in [0.1, 0.15) is 5.69 Å². The lowest BCUT2D eigenvalue weighted by Crippen LogP contribution is -1.85. The fourth-order valence-corrected chi connectivity index (χ4v) is 3.02. The third kappa shape index (κ3) is 1.99. The van der Waals surface area contributed by atoms with Gasteiger partial charge in [-0.3, -0.25) is 10.1 Å². The van der Waals surface area contributed by atoms with Crippen molar-refractivity contribution in [2.45, 2.75) is 0 Å². The molecule has 3 aromatic heterocycles. The van der Waals surface area contributed by atoms with E-state index in [0.717, 1.165) is 33.7 Å². The molecule has 0 radical (unpaired) electrons. The summed E-state index contributed by atoms with van der Waals surface area (Å²) >= 11 is 0. The van der Waals surface area contributed by atoms with Crippen LogP contribution >= 0.6 is 0 Å². The van der Waals surface area contributed by atoms with Gasteiger partial charge in [0.25, 0.3) is 0 Å². The summed E-state index contributed by atoms with van der Waals surface area (Å²) in [7, 11) is 0. The Balaban J connectivity index is 1.68. The van der Waals surface area contributed by atoms with Gasteiger partial charge in [0, 0.05) is 11.8 Å². The Bertz CT molecular complexity index is 1140. The van der Waals surface area contributed by atoms with Crippen LogP contribution in [0.25, 0.3) is 44.5 Å². The van der Waals surface area contributed by atoms with Crippen LogP contribution < -0.4 is 0 Å². The third-order valence-electron chi connectivity index (χ3n) is 4.22. The van der Waals surface area contributed by atoms with Crippen molar-refractivity contribution >= 4 is 21.8 Å². The molecule has 5 rings (SSSR count). The number of nitrogens with zero attached hydrogens (tertiary/aromatic N) is 3. The number of hydrogen-bond donors (Lipinski definition) is 2. The topological polar surface area (TPSA) is 70.2 Å². The highest BCUT2D eigenvalue weighted by molar-refractivity contribution is 5.90. The van der Waals surface area contributed by atoms with Crippen LogP contribution in [0, 0.1) is 0 Å². The normalized spacial score (nSPS) is 11.3. The van der Waals surface area contributed by atoms with Gasteiger partial charge in [-0.25, -0.2) is 4.98 Å². The van der Waals surface area contributed by atoms with Gasteiger partial charge >= 0.3 is 0 Å². The number of nitrogens with one attached hydrogen (secondary N) is 2. The van der Waals surface area contributed by atoms with Crippen LogP contribution in [0.5, 0.6) is 0 Å². The zero-order valence-corrected chi connectivity index (χ0v) is 12.7. The van der Waals surface area contributed by atoms with Crippen molar-refractivity contribution in [2.24, 2.45) is 0 Å². The van der Waals surface area contributed by atoms with Crippen molar-refractivity contribution in [3.05, 3.63) is 67.1 Å². The molecule has 0 amide bonds. The van der Waals surface area contributed by atoms with E-state index in [1.165, 1.54) is 10.8 Å². The second kappa shape index (κ2) is 5.03. The van der Waals surface area contributed by atoms with Crippen molar-refractivity contribution in [2.75, 3.05) is 0 Å². The molecule has 5 heteroatoms. The first kappa shape index (κ1) is 13.0. The monoisotopic (exact) mass is 311 g/mol. The van der Waals surface area contributed by atoms with Crippen LogP contribution in [-0.4, -0.2) is 25.1 Å². The summed E-state index contributed by atoms with van der Waals surface area (Å²) in [5, 5.41) is 9.72. The summed E-state index contributed by atoms with van der Waals surface area (Å²) in [6.07, 6.45) is 5.35. The predicted molar refractivity (Wildman–Crippen MR) is 94.4 cm³/mol. The van der Waals surface area contributed by atoms with Crippen molar-refractivity contribution in [1.82, 2.24) is 25.1 Å². The Morgan fingerprint density at radius 2 is 1.79 bits per heavy atom. The Kier molecular flexibility index (Phi) is 2.72. The number of rotatable bonds is 2. The van der Waals surface area contributed by atoms with Gasteiger partial charge in [-0.1, -0.05) is 36.4 Å². The van der Waals surface area contributed by atoms with Crippen molar-refractivity contribution in [3.63, 3.8) is 0 Å². The fraction of sp³-hybridized carbons (Fsp3) is 0. The molecule has 24 heavy (non-hydrogen) atoms. The molecule has 2 aromatic carbocycles. The first-order chi connectivity index (χ1) is 11.9. The van der Waals surface area contributed by atoms with E-state index in [2.05, 4.69) is 61.5 Å². The molecule has 0 aliphatic rings. The van der Waals surface area contributed by atoms with Crippen LogP contribution in [0.15, 0.2) is 67.1 Å². The summed E-state index contributed by atoms with van der Waals surface area (Å²) in [4.78, 5) is 12.1. The van der Waals surface area contributed by atoms with E-state index >= 15 is 0 Å². The molecule has 5 aromatic rings. The molecule has 0 bridgehead atoms.